The van der Waals surface area contributed by atoms with Crippen LogP contribution in [0.15, 0.2) is 24.3 Å². The third-order valence-electron chi connectivity index (χ3n) is 3.89. The molecule has 0 radical (unpaired) electrons. The molecule has 1 N–H and O–H groups in total. The van der Waals surface area contributed by atoms with Crippen LogP contribution in [0.2, 0.25) is 0 Å². The molecule has 0 aromatic heterocycles. The highest BCUT2D eigenvalue weighted by Crippen LogP contribution is 2.44. The number of ether oxygens (including phenoxy) is 2. The van der Waals surface area contributed by atoms with E-state index in [1.165, 1.54) is 0 Å². The molecule has 1 aliphatic rings. The van der Waals surface area contributed by atoms with Crippen molar-refractivity contribution >= 4 is 0 Å². The number of hydrogen-bond acceptors (Lipinski definition) is 3. The molecule has 1 fully saturated rings. The lowest BCUT2D eigenvalue weighted by Crippen LogP contribution is -2.36. The lowest BCUT2D eigenvalue weighted by Gasteiger charge is -2.35. The van der Waals surface area contributed by atoms with Gasteiger partial charge in [-0.1, -0.05) is 31.0 Å². The minimum Gasteiger partial charge on any atom is -0.493 e. The molecule has 1 atom stereocenters. The summed E-state index contributed by atoms with van der Waals surface area (Å²) < 4.78 is 11.6. The highest BCUT2D eigenvalue weighted by Gasteiger charge is 2.43. The first-order chi connectivity index (χ1) is 9.23. The zero-order valence-corrected chi connectivity index (χ0v) is 11.9. The lowest BCUT2D eigenvalue weighted by atomic mass is 9.88. The summed E-state index contributed by atoms with van der Waals surface area (Å²) in [4.78, 5) is 0. The normalized spacial score (nSPS) is 19.3. The van der Waals surface area contributed by atoms with E-state index in [0.717, 1.165) is 37.0 Å². The summed E-state index contributed by atoms with van der Waals surface area (Å²) in [6.07, 6.45) is 3.46. The van der Waals surface area contributed by atoms with Crippen molar-refractivity contribution in [2.45, 2.75) is 51.2 Å². The predicted octanol–water partition coefficient (Wildman–Crippen LogP) is 3.47. The van der Waals surface area contributed by atoms with Crippen molar-refractivity contribution in [3.8, 4) is 5.75 Å². The molecule has 1 saturated carbocycles. The Kier molecular flexibility index (Phi) is 4.83. The van der Waals surface area contributed by atoms with Gasteiger partial charge in [-0.05, 0) is 32.8 Å². The monoisotopic (exact) mass is 264 g/mol. The third kappa shape index (κ3) is 2.93. The van der Waals surface area contributed by atoms with Gasteiger partial charge in [0.1, 0.15) is 11.9 Å². The minimum atomic E-state index is -0.613. The molecule has 1 unspecified atom stereocenters. The number of para-hydroxylation sites is 1. The summed E-state index contributed by atoms with van der Waals surface area (Å²) in [5.74, 6) is 0.767. The second-order valence-corrected chi connectivity index (χ2v) is 5.08. The summed E-state index contributed by atoms with van der Waals surface area (Å²) >= 11 is 0. The molecule has 0 amide bonds. The van der Waals surface area contributed by atoms with Gasteiger partial charge in [-0.2, -0.15) is 0 Å². The van der Waals surface area contributed by atoms with Gasteiger partial charge in [0.05, 0.1) is 12.2 Å². The van der Waals surface area contributed by atoms with Crippen LogP contribution >= 0.6 is 0 Å². The van der Waals surface area contributed by atoms with Crippen LogP contribution in [0.5, 0.6) is 5.75 Å². The molecule has 0 saturated heterocycles. The van der Waals surface area contributed by atoms with Gasteiger partial charge < -0.3 is 14.6 Å². The molecular weight excluding hydrogens is 240 g/mol. The van der Waals surface area contributed by atoms with Crippen molar-refractivity contribution < 1.29 is 14.6 Å². The SMILES string of the molecule is CCOc1ccccc1C(O)C1(OCC)CCCC1. The largest absolute Gasteiger partial charge is 0.493 e. The van der Waals surface area contributed by atoms with E-state index in [1.54, 1.807) is 0 Å². The molecule has 0 spiro atoms. The molecule has 19 heavy (non-hydrogen) atoms. The van der Waals surface area contributed by atoms with Crippen LogP contribution in [0.1, 0.15) is 51.2 Å². The van der Waals surface area contributed by atoms with Crippen LogP contribution in [0.25, 0.3) is 0 Å². The number of benzene rings is 1. The van der Waals surface area contributed by atoms with E-state index in [1.807, 2.05) is 38.1 Å². The maximum atomic E-state index is 10.8. The maximum Gasteiger partial charge on any atom is 0.125 e. The molecule has 1 aromatic carbocycles. The number of aliphatic hydroxyl groups excluding tert-OH is 1. The Balaban J connectivity index is 2.28. The molecule has 0 aliphatic heterocycles. The van der Waals surface area contributed by atoms with Crippen LogP contribution in [-0.2, 0) is 4.74 Å². The van der Waals surface area contributed by atoms with Crippen molar-refractivity contribution in [3.63, 3.8) is 0 Å². The molecule has 106 valence electrons. The van der Waals surface area contributed by atoms with E-state index in [4.69, 9.17) is 9.47 Å². The van der Waals surface area contributed by atoms with Crippen LogP contribution in [-0.4, -0.2) is 23.9 Å². The first kappa shape index (κ1) is 14.4. The van der Waals surface area contributed by atoms with Gasteiger partial charge in [-0.3, -0.25) is 0 Å². The smallest absolute Gasteiger partial charge is 0.125 e. The van der Waals surface area contributed by atoms with Gasteiger partial charge in [0, 0.05) is 12.2 Å². The molecular formula is C16H24O3. The number of rotatable bonds is 6. The highest BCUT2D eigenvalue weighted by molar-refractivity contribution is 5.36. The Bertz CT molecular complexity index is 397. The molecule has 1 aromatic rings. The van der Waals surface area contributed by atoms with Gasteiger partial charge in [0.2, 0.25) is 0 Å². The van der Waals surface area contributed by atoms with Crippen LogP contribution in [0, 0.1) is 0 Å². The number of aliphatic hydroxyl groups is 1. The molecule has 0 bridgehead atoms. The molecule has 0 heterocycles. The fourth-order valence-electron chi connectivity index (χ4n) is 3.03. The van der Waals surface area contributed by atoms with Crippen molar-refractivity contribution in [1.82, 2.24) is 0 Å². The van der Waals surface area contributed by atoms with E-state index >= 15 is 0 Å². The predicted molar refractivity (Wildman–Crippen MR) is 75.4 cm³/mol. The van der Waals surface area contributed by atoms with Crippen LogP contribution < -0.4 is 4.74 Å². The molecule has 1 aliphatic carbocycles. The molecule has 3 nitrogen and oxygen atoms in total. The summed E-state index contributed by atoms with van der Waals surface area (Å²) in [5.41, 5.74) is 0.418. The van der Waals surface area contributed by atoms with Gasteiger partial charge >= 0.3 is 0 Å². The average Bonchev–Trinajstić information content (AvgIpc) is 2.89. The van der Waals surface area contributed by atoms with Crippen molar-refractivity contribution in [2.75, 3.05) is 13.2 Å². The fraction of sp³-hybridized carbons (Fsp3) is 0.625. The Morgan fingerprint density at radius 2 is 1.84 bits per heavy atom. The maximum absolute atomic E-state index is 10.8. The van der Waals surface area contributed by atoms with E-state index in [0.29, 0.717) is 13.2 Å². The van der Waals surface area contributed by atoms with Gasteiger partial charge in [-0.15, -0.1) is 0 Å². The van der Waals surface area contributed by atoms with Crippen LogP contribution in [0.3, 0.4) is 0 Å². The first-order valence-electron chi connectivity index (χ1n) is 7.27. The summed E-state index contributed by atoms with van der Waals surface area (Å²) in [5, 5.41) is 10.8. The minimum absolute atomic E-state index is 0.429. The van der Waals surface area contributed by atoms with E-state index in [2.05, 4.69) is 0 Å². The molecule has 2 rings (SSSR count). The topological polar surface area (TPSA) is 38.7 Å². The quantitative estimate of drug-likeness (QED) is 0.855. The summed E-state index contributed by atoms with van der Waals surface area (Å²) in [6.45, 7) is 5.18. The Morgan fingerprint density at radius 3 is 2.47 bits per heavy atom. The average molecular weight is 264 g/mol. The van der Waals surface area contributed by atoms with Gasteiger partial charge in [-0.25, -0.2) is 0 Å². The number of hydrogen-bond donors (Lipinski definition) is 1. The van der Waals surface area contributed by atoms with Crippen molar-refractivity contribution in [1.29, 1.82) is 0 Å². The van der Waals surface area contributed by atoms with E-state index in [-0.39, 0.29) is 0 Å². The first-order valence-corrected chi connectivity index (χ1v) is 7.27. The van der Waals surface area contributed by atoms with Crippen molar-refractivity contribution in [3.05, 3.63) is 29.8 Å². The lowest BCUT2D eigenvalue weighted by molar-refractivity contribution is -0.119. The second kappa shape index (κ2) is 6.40. The Hall–Kier alpha value is -1.06. The van der Waals surface area contributed by atoms with E-state index in [9.17, 15) is 5.11 Å². The highest BCUT2D eigenvalue weighted by atomic mass is 16.5. The van der Waals surface area contributed by atoms with Gasteiger partial charge in [0.25, 0.3) is 0 Å². The summed E-state index contributed by atoms with van der Waals surface area (Å²) in [7, 11) is 0. The Labute approximate surface area is 115 Å². The zero-order valence-electron chi connectivity index (χ0n) is 11.9. The summed E-state index contributed by atoms with van der Waals surface area (Å²) in [6, 6.07) is 7.73. The Morgan fingerprint density at radius 1 is 1.16 bits per heavy atom. The van der Waals surface area contributed by atoms with E-state index < -0.39 is 11.7 Å². The fourth-order valence-corrected chi connectivity index (χ4v) is 3.03. The zero-order chi connectivity index (χ0) is 13.7. The standard InChI is InChI=1S/C16H24O3/c1-3-18-14-10-6-5-9-13(14)15(17)16(19-4-2)11-7-8-12-16/h5-6,9-10,15,17H,3-4,7-8,11-12H2,1-2H3. The van der Waals surface area contributed by atoms with Crippen LogP contribution in [0.4, 0.5) is 0 Å². The molecule has 3 heteroatoms. The second-order valence-electron chi connectivity index (χ2n) is 5.08. The van der Waals surface area contributed by atoms with Crippen molar-refractivity contribution in [2.24, 2.45) is 0 Å². The third-order valence-corrected chi connectivity index (χ3v) is 3.89. The van der Waals surface area contributed by atoms with Gasteiger partial charge in [0.15, 0.2) is 0 Å².